The second-order valence-electron chi connectivity index (χ2n) is 5.04. The Kier molecular flexibility index (Phi) is 3.77. The van der Waals surface area contributed by atoms with Gasteiger partial charge in [-0.15, -0.1) is 0 Å². The fourth-order valence-electron chi connectivity index (χ4n) is 2.57. The number of hydrogen-bond donors (Lipinski definition) is 0. The van der Waals surface area contributed by atoms with Gasteiger partial charge in [0.15, 0.2) is 5.82 Å². The molecule has 1 aliphatic rings. The van der Waals surface area contributed by atoms with Crippen molar-refractivity contribution in [3.8, 4) is 0 Å². The zero-order valence-electron chi connectivity index (χ0n) is 12.1. The van der Waals surface area contributed by atoms with Crippen LogP contribution >= 0.6 is 11.6 Å². The molecule has 1 fully saturated rings. The summed E-state index contributed by atoms with van der Waals surface area (Å²) in [6, 6.07) is 1.67. The molecule has 1 aliphatic heterocycles. The highest BCUT2D eigenvalue weighted by molar-refractivity contribution is 6.29. The lowest BCUT2D eigenvalue weighted by atomic mass is 10.2. The summed E-state index contributed by atoms with van der Waals surface area (Å²) in [6.45, 7) is 4.30. The van der Waals surface area contributed by atoms with E-state index in [2.05, 4.69) is 25.0 Å². The minimum Gasteiger partial charge on any atom is -0.380 e. The quantitative estimate of drug-likeness (QED) is 0.803. The average Bonchev–Trinajstić information content (AvgIpc) is 3.03. The van der Waals surface area contributed by atoms with E-state index in [4.69, 9.17) is 20.9 Å². The predicted molar refractivity (Wildman–Crippen MR) is 76.3 cm³/mol. The maximum Gasteiger partial charge on any atom is 0.249 e. The second kappa shape index (κ2) is 5.57. The Labute approximate surface area is 127 Å². The van der Waals surface area contributed by atoms with Crippen molar-refractivity contribution in [3.05, 3.63) is 28.8 Å². The maximum absolute atomic E-state index is 6.04. The van der Waals surface area contributed by atoms with Gasteiger partial charge in [-0.1, -0.05) is 16.8 Å². The third-order valence-corrected chi connectivity index (χ3v) is 3.71. The lowest BCUT2D eigenvalue weighted by molar-refractivity contribution is 0.117. The number of aryl methyl sites for hydroxylation is 2. The fraction of sp³-hybridized carbons (Fsp3) is 0.538. The van der Waals surface area contributed by atoms with Crippen molar-refractivity contribution in [1.82, 2.24) is 20.1 Å². The van der Waals surface area contributed by atoms with Crippen molar-refractivity contribution in [2.24, 2.45) is 0 Å². The molecule has 0 aromatic carbocycles. The molecule has 7 nitrogen and oxygen atoms in total. The van der Waals surface area contributed by atoms with Crippen LogP contribution in [0.25, 0.3) is 0 Å². The molecule has 8 heteroatoms. The lowest BCUT2D eigenvalue weighted by Crippen LogP contribution is -2.26. The minimum absolute atomic E-state index is 0.0680. The van der Waals surface area contributed by atoms with Gasteiger partial charge in [0.2, 0.25) is 5.89 Å². The van der Waals surface area contributed by atoms with Gasteiger partial charge in [-0.05, 0) is 13.8 Å². The molecule has 21 heavy (non-hydrogen) atoms. The average molecular weight is 310 g/mol. The zero-order valence-corrected chi connectivity index (χ0v) is 12.8. The van der Waals surface area contributed by atoms with Crippen LogP contribution in [0.15, 0.2) is 10.6 Å². The van der Waals surface area contributed by atoms with Crippen molar-refractivity contribution in [2.75, 3.05) is 18.6 Å². The van der Waals surface area contributed by atoms with E-state index in [1.54, 1.807) is 20.1 Å². The van der Waals surface area contributed by atoms with E-state index >= 15 is 0 Å². The van der Waals surface area contributed by atoms with Crippen LogP contribution in [0, 0.1) is 13.8 Å². The fourth-order valence-corrected chi connectivity index (χ4v) is 2.79. The van der Waals surface area contributed by atoms with Crippen molar-refractivity contribution in [3.63, 3.8) is 0 Å². The summed E-state index contributed by atoms with van der Waals surface area (Å²) in [5.74, 6) is 2.55. The Morgan fingerprint density at radius 3 is 2.71 bits per heavy atom. The summed E-state index contributed by atoms with van der Waals surface area (Å²) in [5, 5.41) is 4.28. The topological polar surface area (TPSA) is 77.2 Å². The molecule has 0 saturated carbocycles. The molecule has 0 aliphatic carbocycles. The monoisotopic (exact) mass is 309 g/mol. The Morgan fingerprint density at radius 1 is 1.29 bits per heavy atom. The number of ether oxygens (including phenoxy) is 1. The van der Waals surface area contributed by atoms with Crippen LogP contribution in [-0.4, -0.2) is 39.9 Å². The van der Waals surface area contributed by atoms with E-state index in [0.717, 1.165) is 12.2 Å². The number of aromatic nitrogens is 4. The molecule has 3 rings (SSSR count). The maximum atomic E-state index is 6.04. The summed E-state index contributed by atoms with van der Waals surface area (Å²) >= 11 is 6.04. The standard InChI is InChI=1S/C13H16ClN5O2/c1-7-15-11(14)5-12(16-7)19-6-9(20-3)4-10(19)13-17-8(2)18-21-13/h5,9-10H,4,6H2,1-3H3. The molecule has 2 atom stereocenters. The summed E-state index contributed by atoms with van der Waals surface area (Å²) < 4.78 is 10.8. The highest BCUT2D eigenvalue weighted by atomic mass is 35.5. The molecule has 2 unspecified atom stereocenters. The van der Waals surface area contributed by atoms with Gasteiger partial charge in [0.25, 0.3) is 0 Å². The molecule has 2 aromatic rings. The van der Waals surface area contributed by atoms with Gasteiger partial charge >= 0.3 is 0 Å². The van der Waals surface area contributed by atoms with Crippen molar-refractivity contribution < 1.29 is 9.26 Å². The summed E-state index contributed by atoms with van der Waals surface area (Å²) in [4.78, 5) is 14.9. The first-order chi connectivity index (χ1) is 10.1. The number of anilines is 1. The summed E-state index contributed by atoms with van der Waals surface area (Å²) in [6.07, 6.45) is 0.843. The van der Waals surface area contributed by atoms with E-state index in [0.29, 0.717) is 29.2 Å². The first-order valence-corrected chi connectivity index (χ1v) is 7.05. The van der Waals surface area contributed by atoms with Crippen molar-refractivity contribution in [1.29, 1.82) is 0 Å². The molecule has 0 bridgehead atoms. The first kappa shape index (κ1) is 14.2. The van der Waals surface area contributed by atoms with Crippen molar-refractivity contribution in [2.45, 2.75) is 32.4 Å². The Hall–Kier alpha value is -1.73. The molecular weight excluding hydrogens is 294 g/mol. The SMILES string of the molecule is COC1CC(c2nc(C)no2)N(c2cc(Cl)nc(C)n2)C1. The molecule has 0 spiro atoms. The summed E-state index contributed by atoms with van der Waals surface area (Å²) in [7, 11) is 1.70. The molecular formula is C13H16ClN5O2. The lowest BCUT2D eigenvalue weighted by Gasteiger charge is -2.22. The second-order valence-corrected chi connectivity index (χ2v) is 5.42. The third-order valence-electron chi connectivity index (χ3n) is 3.51. The van der Waals surface area contributed by atoms with Gasteiger partial charge in [-0.2, -0.15) is 4.98 Å². The predicted octanol–water partition coefficient (Wildman–Crippen LogP) is 2.10. The molecule has 112 valence electrons. The number of rotatable bonds is 3. The van der Waals surface area contributed by atoms with Crippen LogP contribution in [0.4, 0.5) is 5.82 Å². The van der Waals surface area contributed by atoms with Gasteiger partial charge in [-0.25, -0.2) is 9.97 Å². The van der Waals surface area contributed by atoms with Crippen LogP contribution < -0.4 is 4.90 Å². The highest BCUT2D eigenvalue weighted by Gasteiger charge is 2.37. The van der Waals surface area contributed by atoms with E-state index in [1.165, 1.54) is 0 Å². The first-order valence-electron chi connectivity index (χ1n) is 6.67. The zero-order chi connectivity index (χ0) is 15.0. The van der Waals surface area contributed by atoms with E-state index in [1.807, 2.05) is 6.92 Å². The Balaban J connectivity index is 1.97. The smallest absolute Gasteiger partial charge is 0.249 e. The number of methoxy groups -OCH3 is 1. The van der Waals surface area contributed by atoms with E-state index in [-0.39, 0.29) is 12.1 Å². The third kappa shape index (κ3) is 2.84. The molecule has 0 N–H and O–H groups in total. The van der Waals surface area contributed by atoms with E-state index in [9.17, 15) is 0 Å². The van der Waals surface area contributed by atoms with Gasteiger partial charge in [0, 0.05) is 26.1 Å². The van der Waals surface area contributed by atoms with Gasteiger partial charge in [-0.3, -0.25) is 0 Å². The van der Waals surface area contributed by atoms with Gasteiger partial charge in [0.05, 0.1) is 6.10 Å². The molecule has 0 amide bonds. The van der Waals surface area contributed by atoms with Crippen LogP contribution in [0.1, 0.15) is 30.0 Å². The minimum atomic E-state index is -0.0680. The molecule has 2 aromatic heterocycles. The van der Waals surface area contributed by atoms with Crippen LogP contribution in [0.3, 0.4) is 0 Å². The number of halogens is 1. The van der Waals surface area contributed by atoms with Gasteiger partial charge < -0.3 is 14.2 Å². The largest absolute Gasteiger partial charge is 0.380 e. The van der Waals surface area contributed by atoms with Crippen LogP contribution in [-0.2, 0) is 4.74 Å². The summed E-state index contributed by atoms with van der Waals surface area (Å²) in [5.41, 5.74) is 0. The number of nitrogens with zero attached hydrogens (tertiary/aromatic N) is 5. The van der Waals surface area contributed by atoms with E-state index < -0.39 is 0 Å². The van der Waals surface area contributed by atoms with Crippen LogP contribution in [0.5, 0.6) is 0 Å². The normalized spacial score (nSPS) is 22.0. The Morgan fingerprint density at radius 2 is 2.10 bits per heavy atom. The van der Waals surface area contributed by atoms with Crippen molar-refractivity contribution >= 4 is 17.4 Å². The molecule has 0 radical (unpaired) electrons. The Bertz CT molecular complexity index is 627. The number of hydrogen-bond acceptors (Lipinski definition) is 7. The van der Waals surface area contributed by atoms with Gasteiger partial charge in [0.1, 0.15) is 22.8 Å². The highest BCUT2D eigenvalue weighted by Crippen LogP contribution is 2.36. The molecule has 3 heterocycles. The van der Waals surface area contributed by atoms with Crippen LogP contribution in [0.2, 0.25) is 5.15 Å². The molecule has 1 saturated heterocycles.